The Hall–Kier alpha value is -3.54. The Balaban J connectivity index is 1.24. The Bertz CT molecular complexity index is 1100. The lowest BCUT2D eigenvalue weighted by Gasteiger charge is -2.26. The van der Waals surface area contributed by atoms with Gasteiger partial charge in [0, 0.05) is 42.2 Å². The van der Waals surface area contributed by atoms with E-state index >= 15 is 0 Å². The summed E-state index contributed by atoms with van der Waals surface area (Å²) in [5.74, 6) is 2.63. The van der Waals surface area contributed by atoms with Crippen molar-refractivity contribution in [1.29, 1.82) is 0 Å². The van der Waals surface area contributed by atoms with Crippen molar-refractivity contribution in [2.75, 3.05) is 18.5 Å². The predicted molar refractivity (Wildman–Crippen MR) is 117 cm³/mol. The van der Waals surface area contributed by atoms with E-state index < -0.39 is 0 Å². The number of fused-ring (bicyclic) bond motifs is 1. The van der Waals surface area contributed by atoms with Gasteiger partial charge < -0.3 is 19.4 Å². The molecule has 1 fully saturated rings. The lowest BCUT2D eigenvalue weighted by molar-refractivity contribution is -0.133. The van der Waals surface area contributed by atoms with Crippen molar-refractivity contribution in [3.05, 3.63) is 72.0 Å². The summed E-state index contributed by atoms with van der Waals surface area (Å²) in [6.07, 6.45) is 2.78. The molecule has 6 nitrogen and oxygen atoms in total. The van der Waals surface area contributed by atoms with Gasteiger partial charge in [0.15, 0.2) is 6.61 Å². The molecule has 0 saturated heterocycles. The van der Waals surface area contributed by atoms with E-state index in [1.54, 1.807) is 0 Å². The van der Waals surface area contributed by atoms with E-state index in [0.717, 1.165) is 41.9 Å². The monoisotopic (exact) mass is 416 g/mol. The Kier molecular flexibility index (Phi) is 5.20. The zero-order valence-corrected chi connectivity index (χ0v) is 17.2. The van der Waals surface area contributed by atoms with Crippen molar-refractivity contribution >= 4 is 17.5 Å². The second kappa shape index (κ2) is 8.30. The van der Waals surface area contributed by atoms with Crippen LogP contribution in [0.2, 0.25) is 0 Å². The Morgan fingerprint density at radius 1 is 1.06 bits per heavy atom. The lowest BCUT2D eigenvalue weighted by Crippen LogP contribution is -2.36. The molecule has 2 aromatic carbocycles. The second-order valence-corrected chi connectivity index (χ2v) is 8.07. The molecule has 3 aromatic rings. The number of rotatable bonds is 6. The van der Waals surface area contributed by atoms with Crippen LogP contribution in [0.1, 0.15) is 24.2 Å². The topological polar surface area (TPSA) is 71.8 Å². The van der Waals surface area contributed by atoms with Crippen molar-refractivity contribution in [3.63, 3.8) is 0 Å². The smallest absolute Gasteiger partial charge is 0.262 e. The molecule has 1 aliphatic carbocycles. The average molecular weight is 416 g/mol. The van der Waals surface area contributed by atoms with Gasteiger partial charge in [-0.25, -0.2) is 0 Å². The molecule has 158 valence electrons. The second-order valence-electron chi connectivity index (χ2n) is 8.07. The molecule has 0 spiro atoms. The first-order valence-electron chi connectivity index (χ1n) is 10.6. The minimum Gasteiger partial charge on any atom is -0.484 e. The van der Waals surface area contributed by atoms with Gasteiger partial charge in [-0.1, -0.05) is 30.3 Å². The van der Waals surface area contributed by atoms with Crippen LogP contribution in [0.4, 0.5) is 5.69 Å². The first-order chi connectivity index (χ1) is 15.2. The maximum atomic E-state index is 12.4. The molecule has 1 saturated carbocycles. The number of carbonyl (C=O) groups excluding carboxylic acids is 2. The fourth-order valence-electron chi connectivity index (χ4n) is 3.86. The number of para-hydroxylation sites is 1. The third-order valence-corrected chi connectivity index (χ3v) is 5.65. The van der Waals surface area contributed by atoms with Gasteiger partial charge in [-0.15, -0.1) is 0 Å². The summed E-state index contributed by atoms with van der Waals surface area (Å²) in [6, 6.07) is 18.8. The molecule has 2 aliphatic rings. The van der Waals surface area contributed by atoms with Crippen molar-refractivity contribution in [3.8, 4) is 17.1 Å². The van der Waals surface area contributed by atoms with Crippen molar-refractivity contribution in [1.82, 2.24) is 4.90 Å². The molecule has 31 heavy (non-hydrogen) atoms. The SMILES string of the molecule is O=C(COc1ccccc1)Nc1cccc(-c2cc3c(o2)CCN(C(=O)C2CC2)C3)c1. The molecule has 0 bridgehead atoms. The van der Waals surface area contributed by atoms with Crippen molar-refractivity contribution < 1.29 is 18.7 Å². The fourth-order valence-corrected chi connectivity index (χ4v) is 3.86. The summed E-state index contributed by atoms with van der Waals surface area (Å²) in [7, 11) is 0. The summed E-state index contributed by atoms with van der Waals surface area (Å²) in [5, 5.41) is 2.87. The summed E-state index contributed by atoms with van der Waals surface area (Å²) < 4.78 is 11.6. The summed E-state index contributed by atoms with van der Waals surface area (Å²) in [6.45, 7) is 1.27. The van der Waals surface area contributed by atoms with Crippen LogP contribution in [-0.2, 0) is 22.6 Å². The van der Waals surface area contributed by atoms with E-state index in [1.807, 2.05) is 65.6 Å². The number of ether oxygens (including phenoxy) is 1. The molecule has 1 N–H and O–H groups in total. The number of nitrogens with one attached hydrogen (secondary N) is 1. The van der Waals surface area contributed by atoms with Gasteiger partial charge in [0.25, 0.3) is 5.91 Å². The number of carbonyl (C=O) groups is 2. The zero-order chi connectivity index (χ0) is 21.2. The van der Waals surface area contributed by atoms with Gasteiger partial charge in [-0.3, -0.25) is 9.59 Å². The van der Waals surface area contributed by atoms with Gasteiger partial charge in [-0.2, -0.15) is 0 Å². The Morgan fingerprint density at radius 3 is 2.71 bits per heavy atom. The summed E-state index contributed by atoms with van der Waals surface area (Å²) in [4.78, 5) is 26.6. The number of hydrogen-bond acceptors (Lipinski definition) is 4. The highest BCUT2D eigenvalue weighted by molar-refractivity contribution is 5.92. The highest BCUT2D eigenvalue weighted by Gasteiger charge is 2.35. The fraction of sp³-hybridized carbons (Fsp3) is 0.280. The highest BCUT2D eigenvalue weighted by Crippen LogP contribution is 2.35. The number of anilines is 1. The highest BCUT2D eigenvalue weighted by atomic mass is 16.5. The largest absolute Gasteiger partial charge is 0.484 e. The first-order valence-corrected chi connectivity index (χ1v) is 10.6. The number of furan rings is 1. The van der Waals surface area contributed by atoms with Gasteiger partial charge in [-0.05, 0) is 43.2 Å². The molecule has 0 radical (unpaired) electrons. The quantitative estimate of drug-likeness (QED) is 0.652. The van der Waals surface area contributed by atoms with Crippen LogP contribution in [0.15, 0.2) is 65.1 Å². The van der Waals surface area contributed by atoms with E-state index in [4.69, 9.17) is 9.15 Å². The van der Waals surface area contributed by atoms with Gasteiger partial charge in [0.05, 0.1) is 0 Å². The van der Waals surface area contributed by atoms with Crippen LogP contribution in [0.25, 0.3) is 11.3 Å². The van der Waals surface area contributed by atoms with Crippen molar-refractivity contribution in [2.24, 2.45) is 5.92 Å². The third kappa shape index (κ3) is 4.48. The van der Waals surface area contributed by atoms with E-state index in [2.05, 4.69) is 5.32 Å². The van der Waals surface area contributed by atoms with E-state index in [1.165, 1.54) is 0 Å². The van der Waals surface area contributed by atoms with Crippen LogP contribution in [-0.4, -0.2) is 29.9 Å². The minimum absolute atomic E-state index is 0.0614. The molecule has 1 aliphatic heterocycles. The molecule has 0 atom stereocenters. The van der Waals surface area contributed by atoms with Crippen LogP contribution < -0.4 is 10.1 Å². The maximum Gasteiger partial charge on any atom is 0.262 e. The number of amides is 2. The molecule has 5 rings (SSSR count). The molecule has 1 aromatic heterocycles. The maximum absolute atomic E-state index is 12.4. The molecule has 2 heterocycles. The van der Waals surface area contributed by atoms with E-state index in [9.17, 15) is 9.59 Å². The summed E-state index contributed by atoms with van der Waals surface area (Å²) >= 11 is 0. The zero-order valence-electron chi connectivity index (χ0n) is 17.2. The summed E-state index contributed by atoms with van der Waals surface area (Å²) in [5.41, 5.74) is 2.64. The normalized spacial score (nSPS) is 15.3. The van der Waals surface area contributed by atoms with E-state index in [-0.39, 0.29) is 24.3 Å². The first kappa shape index (κ1) is 19.4. The minimum atomic E-state index is -0.228. The number of benzene rings is 2. The molecule has 2 amide bonds. The molecular formula is C25H24N2O4. The predicted octanol–water partition coefficient (Wildman–Crippen LogP) is 4.26. The van der Waals surface area contributed by atoms with E-state index in [0.29, 0.717) is 24.5 Å². The standard InChI is InChI=1S/C25H24N2O4/c28-24(16-30-21-7-2-1-3-8-21)26-20-6-4-5-18(13-20)23-14-19-15-27(12-11-22(19)31-23)25(29)17-9-10-17/h1-8,13-14,17H,9-12,15-16H2,(H,26,28). The van der Waals surface area contributed by atoms with Crippen LogP contribution >= 0.6 is 0 Å². The van der Waals surface area contributed by atoms with Crippen molar-refractivity contribution in [2.45, 2.75) is 25.8 Å². The Labute approximate surface area is 180 Å². The van der Waals surface area contributed by atoms with Crippen LogP contribution in [0, 0.1) is 5.92 Å². The van der Waals surface area contributed by atoms with Gasteiger partial charge in [0.2, 0.25) is 5.91 Å². The Morgan fingerprint density at radius 2 is 1.90 bits per heavy atom. The third-order valence-electron chi connectivity index (χ3n) is 5.65. The van der Waals surface area contributed by atoms with Gasteiger partial charge in [0.1, 0.15) is 17.3 Å². The average Bonchev–Trinajstić information content (AvgIpc) is 3.56. The lowest BCUT2D eigenvalue weighted by atomic mass is 10.1. The molecule has 0 unspecified atom stereocenters. The number of hydrogen-bond donors (Lipinski definition) is 1. The molecular weight excluding hydrogens is 392 g/mol. The number of nitrogens with zero attached hydrogens (tertiary/aromatic N) is 1. The van der Waals surface area contributed by atoms with Gasteiger partial charge >= 0.3 is 0 Å². The van der Waals surface area contributed by atoms with Crippen LogP contribution in [0.3, 0.4) is 0 Å². The molecule has 6 heteroatoms. The van der Waals surface area contributed by atoms with Crippen LogP contribution in [0.5, 0.6) is 5.75 Å².